The molecule has 98 valence electrons. The van der Waals surface area contributed by atoms with Crippen molar-refractivity contribution in [3.8, 4) is 0 Å². The van der Waals surface area contributed by atoms with Crippen molar-refractivity contribution in [1.82, 2.24) is 5.32 Å². The van der Waals surface area contributed by atoms with Gasteiger partial charge in [-0.15, -0.1) is 0 Å². The average molecular weight is 281 g/mol. The number of carbonyl (C=O) groups excluding carboxylic acids is 2. The quantitative estimate of drug-likeness (QED) is 0.872. The number of hydrogen-bond donors (Lipinski definition) is 2. The Labute approximate surface area is 105 Å². The van der Waals surface area contributed by atoms with E-state index < -0.39 is 18.0 Å². The highest BCUT2D eigenvalue weighted by atomic mass is 35.5. The number of rotatable bonds is 2. The Hall–Kier alpha value is -1.76. The van der Waals surface area contributed by atoms with Gasteiger partial charge in [-0.05, 0) is 18.2 Å². The van der Waals surface area contributed by atoms with E-state index in [2.05, 4.69) is 5.32 Å². The summed E-state index contributed by atoms with van der Waals surface area (Å²) in [5.41, 5.74) is -0.195. The summed E-state index contributed by atoms with van der Waals surface area (Å²) in [5, 5.41) is 3.97. The van der Waals surface area contributed by atoms with E-state index in [1.165, 1.54) is 19.2 Å². The Kier molecular flexibility index (Phi) is 4.18. The Bertz CT molecular complexity index is 489. The van der Waals surface area contributed by atoms with E-state index in [4.69, 9.17) is 11.6 Å². The van der Waals surface area contributed by atoms with Crippen LogP contribution in [0.25, 0.3) is 0 Å². The van der Waals surface area contributed by atoms with Gasteiger partial charge in [-0.2, -0.15) is 13.2 Å². The minimum atomic E-state index is -4.99. The predicted octanol–water partition coefficient (Wildman–Crippen LogP) is 2.20. The lowest BCUT2D eigenvalue weighted by Crippen LogP contribution is -2.30. The summed E-state index contributed by atoms with van der Waals surface area (Å²) in [6, 6.07) is 3.45. The normalized spacial score (nSPS) is 10.9. The van der Waals surface area contributed by atoms with Crippen molar-refractivity contribution in [1.29, 1.82) is 0 Å². The fourth-order valence-electron chi connectivity index (χ4n) is 1.11. The summed E-state index contributed by atoms with van der Waals surface area (Å²) >= 11 is 5.70. The van der Waals surface area contributed by atoms with Gasteiger partial charge in [-0.1, -0.05) is 11.6 Å². The molecule has 0 radical (unpaired) electrons. The number of nitrogens with one attached hydrogen (secondary N) is 2. The van der Waals surface area contributed by atoms with Crippen LogP contribution in [0.3, 0.4) is 0 Å². The standard InChI is InChI=1S/C10H8ClF3N2O2/c1-15-8(17)6-4-5(2-3-7(6)11)16-9(18)10(12,13)14/h2-4H,1H3,(H,15,17)(H,16,18). The molecule has 0 saturated carbocycles. The third-order valence-corrected chi connectivity index (χ3v) is 2.28. The van der Waals surface area contributed by atoms with Crippen LogP contribution in [0.15, 0.2) is 18.2 Å². The summed E-state index contributed by atoms with van der Waals surface area (Å²) in [6.07, 6.45) is -4.99. The van der Waals surface area contributed by atoms with Crippen LogP contribution in [0.5, 0.6) is 0 Å². The van der Waals surface area contributed by atoms with E-state index in [0.717, 1.165) is 6.07 Å². The lowest BCUT2D eigenvalue weighted by molar-refractivity contribution is -0.167. The molecule has 0 heterocycles. The van der Waals surface area contributed by atoms with Crippen molar-refractivity contribution in [3.05, 3.63) is 28.8 Å². The average Bonchev–Trinajstić information content (AvgIpc) is 2.29. The molecule has 1 rings (SSSR count). The van der Waals surface area contributed by atoms with Crippen molar-refractivity contribution in [2.24, 2.45) is 0 Å². The van der Waals surface area contributed by atoms with Crippen LogP contribution < -0.4 is 10.6 Å². The molecule has 0 aliphatic rings. The van der Waals surface area contributed by atoms with Crippen LogP contribution in [-0.2, 0) is 4.79 Å². The lowest BCUT2D eigenvalue weighted by atomic mass is 10.2. The molecule has 0 saturated heterocycles. The molecule has 4 nitrogen and oxygen atoms in total. The van der Waals surface area contributed by atoms with Gasteiger partial charge < -0.3 is 10.6 Å². The van der Waals surface area contributed by atoms with Crippen LogP contribution in [0.4, 0.5) is 18.9 Å². The second kappa shape index (κ2) is 5.26. The second-order valence-electron chi connectivity index (χ2n) is 3.23. The summed E-state index contributed by atoms with van der Waals surface area (Å²) in [4.78, 5) is 22.0. The Balaban J connectivity index is 2.99. The zero-order valence-electron chi connectivity index (χ0n) is 9.06. The molecule has 0 unspecified atom stereocenters. The topological polar surface area (TPSA) is 58.2 Å². The fraction of sp³-hybridized carbons (Fsp3) is 0.200. The first-order chi connectivity index (χ1) is 8.25. The number of carbonyl (C=O) groups is 2. The van der Waals surface area contributed by atoms with Crippen molar-refractivity contribution < 1.29 is 22.8 Å². The van der Waals surface area contributed by atoms with Crippen LogP contribution in [-0.4, -0.2) is 25.0 Å². The zero-order chi connectivity index (χ0) is 13.9. The van der Waals surface area contributed by atoms with Gasteiger partial charge in [0.25, 0.3) is 5.91 Å². The molecule has 0 aliphatic carbocycles. The number of anilines is 1. The molecule has 18 heavy (non-hydrogen) atoms. The lowest BCUT2D eigenvalue weighted by Gasteiger charge is -2.10. The van der Waals surface area contributed by atoms with E-state index in [0.29, 0.717) is 0 Å². The van der Waals surface area contributed by atoms with Crippen molar-refractivity contribution in [3.63, 3.8) is 0 Å². The van der Waals surface area contributed by atoms with E-state index in [-0.39, 0.29) is 16.3 Å². The highest BCUT2D eigenvalue weighted by Gasteiger charge is 2.38. The summed E-state index contributed by atoms with van der Waals surface area (Å²) in [6.45, 7) is 0. The molecular weight excluding hydrogens is 273 g/mol. The molecule has 8 heteroatoms. The molecular formula is C10H8ClF3N2O2. The van der Waals surface area contributed by atoms with Gasteiger partial charge in [-0.3, -0.25) is 9.59 Å². The molecule has 1 aromatic rings. The molecule has 1 aromatic carbocycles. The predicted molar refractivity (Wildman–Crippen MR) is 59.5 cm³/mol. The van der Waals surface area contributed by atoms with E-state index >= 15 is 0 Å². The number of halogens is 4. The first-order valence-corrected chi connectivity index (χ1v) is 5.03. The Morgan fingerprint density at radius 1 is 1.28 bits per heavy atom. The first kappa shape index (κ1) is 14.3. The minimum absolute atomic E-state index is 0.0286. The van der Waals surface area contributed by atoms with Crippen molar-refractivity contribution in [2.45, 2.75) is 6.18 Å². The Morgan fingerprint density at radius 2 is 1.89 bits per heavy atom. The van der Waals surface area contributed by atoms with Crippen molar-refractivity contribution in [2.75, 3.05) is 12.4 Å². The van der Waals surface area contributed by atoms with Crippen LogP contribution >= 0.6 is 11.6 Å². The monoisotopic (exact) mass is 280 g/mol. The van der Waals surface area contributed by atoms with Gasteiger partial charge in [0.05, 0.1) is 10.6 Å². The minimum Gasteiger partial charge on any atom is -0.355 e. The number of benzene rings is 1. The van der Waals surface area contributed by atoms with Crippen LogP contribution in [0.2, 0.25) is 5.02 Å². The number of alkyl halides is 3. The van der Waals surface area contributed by atoms with Gasteiger partial charge in [0.15, 0.2) is 0 Å². The van der Waals surface area contributed by atoms with Crippen LogP contribution in [0, 0.1) is 0 Å². The van der Waals surface area contributed by atoms with E-state index in [1.807, 2.05) is 0 Å². The SMILES string of the molecule is CNC(=O)c1cc(NC(=O)C(F)(F)F)ccc1Cl. The zero-order valence-corrected chi connectivity index (χ0v) is 9.82. The third kappa shape index (κ3) is 3.36. The van der Waals surface area contributed by atoms with Gasteiger partial charge in [0.1, 0.15) is 0 Å². The van der Waals surface area contributed by atoms with Crippen LogP contribution in [0.1, 0.15) is 10.4 Å². The molecule has 0 atom stereocenters. The van der Waals surface area contributed by atoms with Gasteiger partial charge in [0, 0.05) is 12.7 Å². The molecule has 2 N–H and O–H groups in total. The van der Waals surface area contributed by atoms with Gasteiger partial charge >= 0.3 is 12.1 Å². The van der Waals surface area contributed by atoms with E-state index in [1.54, 1.807) is 5.32 Å². The highest BCUT2D eigenvalue weighted by molar-refractivity contribution is 6.34. The molecule has 0 spiro atoms. The van der Waals surface area contributed by atoms with Crippen molar-refractivity contribution >= 4 is 29.1 Å². The largest absolute Gasteiger partial charge is 0.471 e. The molecule has 0 aliphatic heterocycles. The maximum absolute atomic E-state index is 12.0. The maximum Gasteiger partial charge on any atom is 0.471 e. The smallest absolute Gasteiger partial charge is 0.355 e. The number of hydrogen-bond acceptors (Lipinski definition) is 2. The second-order valence-corrected chi connectivity index (χ2v) is 3.63. The highest BCUT2D eigenvalue weighted by Crippen LogP contribution is 2.23. The molecule has 2 amide bonds. The third-order valence-electron chi connectivity index (χ3n) is 1.95. The van der Waals surface area contributed by atoms with Gasteiger partial charge in [0.2, 0.25) is 0 Å². The molecule has 0 bridgehead atoms. The van der Waals surface area contributed by atoms with E-state index in [9.17, 15) is 22.8 Å². The number of amides is 2. The first-order valence-electron chi connectivity index (χ1n) is 4.65. The summed E-state index contributed by atoms with van der Waals surface area (Å²) < 4.78 is 36.1. The summed E-state index contributed by atoms with van der Waals surface area (Å²) in [7, 11) is 1.35. The molecule has 0 aromatic heterocycles. The van der Waals surface area contributed by atoms with Gasteiger partial charge in [-0.25, -0.2) is 0 Å². The Morgan fingerprint density at radius 3 is 2.39 bits per heavy atom. The summed E-state index contributed by atoms with van der Waals surface area (Å²) in [5.74, 6) is -2.68. The molecule has 0 fully saturated rings. The maximum atomic E-state index is 12.0. The fourth-order valence-corrected chi connectivity index (χ4v) is 1.32.